The summed E-state index contributed by atoms with van der Waals surface area (Å²) in [5.74, 6) is -0.0174. The number of halogens is 1. The van der Waals surface area contributed by atoms with Gasteiger partial charge in [-0.25, -0.2) is 0 Å². The molecule has 4 heteroatoms. The van der Waals surface area contributed by atoms with E-state index in [1.54, 1.807) is 11.0 Å². The Morgan fingerprint density at radius 1 is 1.19 bits per heavy atom. The zero-order chi connectivity index (χ0) is 15.4. The number of hydrogen-bond acceptors (Lipinski definition) is 2. The standard InChI is InChI=1S/C17H19ClN2O/c1-3-20(11-13-5-8-15(19)9-6-13)17(21)14-7-4-12(2)16(18)10-14/h4-10H,3,11,19H2,1-2H3. The van der Waals surface area contributed by atoms with Crippen molar-refractivity contribution in [2.24, 2.45) is 0 Å². The van der Waals surface area contributed by atoms with Crippen LogP contribution in [0.1, 0.15) is 28.4 Å². The third-order valence-corrected chi connectivity index (χ3v) is 3.85. The van der Waals surface area contributed by atoms with Gasteiger partial charge in [-0.2, -0.15) is 0 Å². The molecule has 110 valence electrons. The minimum atomic E-state index is -0.0174. The fraction of sp³-hybridized carbons (Fsp3) is 0.235. The van der Waals surface area contributed by atoms with E-state index in [2.05, 4.69) is 0 Å². The van der Waals surface area contributed by atoms with E-state index in [0.29, 0.717) is 23.7 Å². The predicted octanol–water partition coefficient (Wildman–Crippen LogP) is 3.89. The van der Waals surface area contributed by atoms with E-state index in [1.165, 1.54) is 0 Å². The van der Waals surface area contributed by atoms with E-state index in [4.69, 9.17) is 17.3 Å². The van der Waals surface area contributed by atoms with Gasteiger partial charge in [-0.3, -0.25) is 4.79 Å². The third-order valence-electron chi connectivity index (χ3n) is 3.44. The van der Waals surface area contributed by atoms with Crippen LogP contribution in [0.3, 0.4) is 0 Å². The predicted molar refractivity (Wildman–Crippen MR) is 87.5 cm³/mol. The second-order valence-electron chi connectivity index (χ2n) is 5.02. The molecule has 0 radical (unpaired) electrons. The average molecular weight is 303 g/mol. The summed E-state index contributed by atoms with van der Waals surface area (Å²) in [4.78, 5) is 14.3. The normalized spacial score (nSPS) is 10.4. The monoisotopic (exact) mass is 302 g/mol. The van der Waals surface area contributed by atoms with Crippen LogP contribution in [0.2, 0.25) is 5.02 Å². The zero-order valence-electron chi connectivity index (χ0n) is 12.3. The number of amides is 1. The molecular formula is C17H19ClN2O. The van der Waals surface area contributed by atoms with Gasteiger partial charge in [-0.15, -0.1) is 0 Å². The van der Waals surface area contributed by atoms with Crippen molar-refractivity contribution in [3.63, 3.8) is 0 Å². The molecule has 2 aromatic carbocycles. The SMILES string of the molecule is CCN(Cc1ccc(N)cc1)C(=O)c1ccc(C)c(Cl)c1. The first-order valence-electron chi connectivity index (χ1n) is 6.91. The van der Waals surface area contributed by atoms with E-state index in [-0.39, 0.29) is 5.91 Å². The van der Waals surface area contributed by atoms with Crippen LogP contribution < -0.4 is 5.73 Å². The summed E-state index contributed by atoms with van der Waals surface area (Å²) in [6.07, 6.45) is 0. The Labute approximate surface area is 130 Å². The molecule has 2 aromatic rings. The lowest BCUT2D eigenvalue weighted by atomic mass is 10.1. The highest BCUT2D eigenvalue weighted by molar-refractivity contribution is 6.31. The van der Waals surface area contributed by atoms with Crippen molar-refractivity contribution in [1.29, 1.82) is 0 Å². The van der Waals surface area contributed by atoms with Gasteiger partial charge in [0.25, 0.3) is 5.91 Å². The first-order valence-corrected chi connectivity index (χ1v) is 7.29. The van der Waals surface area contributed by atoms with Crippen molar-refractivity contribution in [3.05, 3.63) is 64.2 Å². The minimum absolute atomic E-state index is 0.0174. The second kappa shape index (κ2) is 6.64. The van der Waals surface area contributed by atoms with Gasteiger partial charge < -0.3 is 10.6 Å². The molecule has 0 atom stereocenters. The van der Waals surface area contributed by atoms with Crippen molar-refractivity contribution in [3.8, 4) is 0 Å². The fourth-order valence-corrected chi connectivity index (χ4v) is 2.26. The first-order chi connectivity index (χ1) is 10.0. The fourth-order valence-electron chi connectivity index (χ4n) is 2.08. The van der Waals surface area contributed by atoms with Crippen molar-refractivity contribution in [2.45, 2.75) is 20.4 Å². The van der Waals surface area contributed by atoms with E-state index < -0.39 is 0 Å². The summed E-state index contributed by atoms with van der Waals surface area (Å²) in [6, 6.07) is 13.0. The number of carbonyl (C=O) groups is 1. The van der Waals surface area contributed by atoms with Gasteiger partial charge >= 0.3 is 0 Å². The van der Waals surface area contributed by atoms with Gasteiger partial charge in [0, 0.05) is 29.4 Å². The van der Waals surface area contributed by atoms with Gasteiger partial charge in [0.05, 0.1) is 0 Å². The number of carbonyl (C=O) groups excluding carboxylic acids is 1. The molecule has 0 aliphatic carbocycles. The maximum absolute atomic E-state index is 12.6. The number of benzene rings is 2. The highest BCUT2D eigenvalue weighted by Gasteiger charge is 2.15. The molecule has 0 saturated carbocycles. The summed E-state index contributed by atoms with van der Waals surface area (Å²) in [7, 11) is 0. The lowest BCUT2D eigenvalue weighted by Gasteiger charge is -2.21. The van der Waals surface area contributed by atoms with Gasteiger partial charge in [0.2, 0.25) is 0 Å². The van der Waals surface area contributed by atoms with Gasteiger partial charge in [-0.1, -0.05) is 29.8 Å². The minimum Gasteiger partial charge on any atom is -0.399 e. The molecule has 0 heterocycles. The van der Waals surface area contributed by atoms with E-state index in [0.717, 1.165) is 16.8 Å². The molecule has 0 unspecified atom stereocenters. The highest BCUT2D eigenvalue weighted by Crippen LogP contribution is 2.19. The molecule has 21 heavy (non-hydrogen) atoms. The Balaban J connectivity index is 2.18. The van der Waals surface area contributed by atoms with E-state index in [9.17, 15) is 4.79 Å². The molecule has 0 aliphatic heterocycles. The number of aryl methyl sites for hydroxylation is 1. The van der Waals surface area contributed by atoms with E-state index in [1.807, 2.05) is 50.2 Å². The number of hydrogen-bond donors (Lipinski definition) is 1. The molecule has 0 spiro atoms. The Hall–Kier alpha value is -2.00. The van der Waals surface area contributed by atoms with Crippen molar-refractivity contribution in [2.75, 3.05) is 12.3 Å². The molecular weight excluding hydrogens is 284 g/mol. The molecule has 0 fully saturated rings. The molecule has 2 rings (SSSR count). The summed E-state index contributed by atoms with van der Waals surface area (Å²) in [5.41, 5.74) is 9.03. The summed E-state index contributed by atoms with van der Waals surface area (Å²) < 4.78 is 0. The van der Waals surface area contributed by atoms with Gasteiger partial charge in [0.1, 0.15) is 0 Å². The van der Waals surface area contributed by atoms with Crippen LogP contribution in [-0.2, 0) is 6.54 Å². The number of nitrogens with zero attached hydrogens (tertiary/aromatic N) is 1. The lowest BCUT2D eigenvalue weighted by molar-refractivity contribution is 0.0752. The Morgan fingerprint density at radius 3 is 2.43 bits per heavy atom. The number of nitrogen functional groups attached to an aromatic ring is 1. The lowest BCUT2D eigenvalue weighted by Crippen LogP contribution is -2.30. The maximum atomic E-state index is 12.6. The van der Waals surface area contributed by atoms with Gasteiger partial charge in [0.15, 0.2) is 0 Å². The second-order valence-corrected chi connectivity index (χ2v) is 5.43. The van der Waals surface area contributed by atoms with Crippen LogP contribution in [0, 0.1) is 6.92 Å². The number of nitrogens with two attached hydrogens (primary N) is 1. The molecule has 0 saturated heterocycles. The van der Waals surface area contributed by atoms with Crippen LogP contribution in [0.25, 0.3) is 0 Å². The van der Waals surface area contributed by atoms with Crippen LogP contribution in [0.15, 0.2) is 42.5 Å². The molecule has 1 amide bonds. The number of rotatable bonds is 4. The zero-order valence-corrected chi connectivity index (χ0v) is 13.0. The Kier molecular flexibility index (Phi) is 4.86. The highest BCUT2D eigenvalue weighted by atomic mass is 35.5. The quantitative estimate of drug-likeness (QED) is 0.871. The van der Waals surface area contributed by atoms with E-state index >= 15 is 0 Å². The van der Waals surface area contributed by atoms with Crippen LogP contribution >= 0.6 is 11.6 Å². The van der Waals surface area contributed by atoms with Crippen LogP contribution in [-0.4, -0.2) is 17.4 Å². The summed E-state index contributed by atoms with van der Waals surface area (Å²) in [5, 5.41) is 0.615. The Bertz CT molecular complexity index is 638. The van der Waals surface area contributed by atoms with Crippen LogP contribution in [0.5, 0.6) is 0 Å². The van der Waals surface area contributed by atoms with Crippen molar-refractivity contribution >= 4 is 23.2 Å². The smallest absolute Gasteiger partial charge is 0.254 e. The third kappa shape index (κ3) is 3.76. The molecule has 0 aromatic heterocycles. The largest absolute Gasteiger partial charge is 0.399 e. The molecule has 2 N–H and O–H groups in total. The number of anilines is 1. The molecule has 0 aliphatic rings. The molecule has 0 bridgehead atoms. The van der Waals surface area contributed by atoms with Crippen molar-refractivity contribution in [1.82, 2.24) is 4.90 Å². The average Bonchev–Trinajstić information content (AvgIpc) is 2.49. The summed E-state index contributed by atoms with van der Waals surface area (Å²) >= 11 is 6.10. The van der Waals surface area contributed by atoms with Crippen molar-refractivity contribution < 1.29 is 4.79 Å². The van der Waals surface area contributed by atoms with Crippen LogP contribution in [0.4, 0.5) is 5.69 Å². The van der Waals surface area contributed by atoms with Gasteiger partial charge in [-0.05, 0) is 49.2 Å². The summed E-state index contributed by atoms with van der Waals surface area (Å²) in [6.45, 7) is 5.07. The maximum Gasteiger partial charge on any atom is 0.254 e. The topological polar surface area (TPSA) is 46.3 Å². The first kappa shape index (κ1) is 15.4. The molecule has 3 nitrogen and oxygen atoms in total. The Morgan fingerprint density at radius 2 is 1.86 bits per heavy atom.